The minimum absolute atomic E-state index is 0. The monoisotopic (exact) mass is 512 g/mol. The van der Waals surface area contributed by atoms with Crippen LogP contribution in [0.4, 0.5) is 0 Å². The van der Waals surface area contributed by atoms with Crippen molar-refractivity contribution in [2.45, 2.75) is 71.1 Å². The van der Waals surface area contributed by atoms with Crippen LogP contribution in [0.2, 0.25) is 0 Å². The van der Waals surface area contributed by atoms with Crippen molar-refractivity contribution in [2.24, 2.45) is 4.99 Å². The van der Waals surface area contributed by atoms with Gasteiger partial charge in [0.2, 0.25) is 0 Å². The Morgan fingerprint density at radius 2 is 1.93 bits per heavy atom. The van der Waals surface area contributed by atoms with Crippen molar-refractivity contribution in [3.63, 3.8) is 0 Å². The molecule has 0 saturated heterocycles. The van der Waals surface area contributed by atoms with Crippen LogP contribution in [0, 0.1) is 0 Å². The molecular weight excluding hydrogens is 479 g/mol. The summed E-state index contributed by atoms with van der Waals surface area (Å²) in [7, 11) is 1.76. The van der Waals surface area contributed by atoms with Crippen molar-refractivity contribution in [1.82, 2.24) is 15.8 Å². The van der Waals surface area contributed by atoms with Gasteiger partial charge in [-0.05, 0) is 49.3 Å². The van der Waals surface area contributed by atoms with E-state index < -0.39 is 0 Å². The summed E-state index contributed by atoms with van der Waals surface area (Å²) in [5.41, 5.74) is 2.13. The fraction of sp³-hybridized carbons (Fsp3) is 0.545. The second-order valence-corrected chi connectivity index (χ2v) is 7.68. The molecule has 1 aliphatic carbocycles. The zero-order valence-electron chi connectivity index (χ0n) is 17.6. The SMILES string of the molecule is CN=C(NCc1cccc(OC2CCCCC2)c1)NCc1cc(C(C)C)no1.I. The highest BCUT2D eigenvalue weighted by atomic mass is 127. The van der Waals surface area contributed by atoms with Crippen LogP contribution in [0.5, 0.6) is 5.75 Å². The van der Waals surface area contributed by atoms with E-state index >= 15 is 0 Å². The maximum atomic E-state index is 6.16. The van der Waals surface area contributed by atoms with Crippen LogP contribution in [0.1, 0.15) is 68.9 Å². The predicted octanol–water partition coefficient (Wildman–Crippen LogP) is 4.99. The van der Waals surface area contributed by atoms with Gasteiger partial charge in [-0.25, -0.2) is 0 Å². The zero-order chi connectivity index (χ0) is 19.8. The summed E-state index contributed by atoms with van der Waals surface area (Å²) < 4.78 is 11.5. The van der Waals surface area contributed by atoms with E-state index in [0.717, 1.165) is 28.7 Å². The summed E-state index contributed by atoms with van der Waals surface area (Å²) in [6.45, 7) is 5.42. The topological polar surface area (TPSA) is 71.7 Å². The molecule has 1 aliphatic rings. The van der Waals surface area contributed by atoms with Gasteiger partial charge >= 0.3 is 0 Å². The lowest BCUT2D eigenvalue weighted by atomic mass is 9.98. The minimum atomic E-state index is 0. The lowest BCUT2D eigenvalue weighted by molar-refractivity contribution is 0.155. The molecule has 6 nitrogen and oxygen atoms in total. The third-order valence-corrected chi connectivity index (χ3v) is 5.04. The normalized spacial score (nSPS) is 15.1. The molecule has 0 unspecified atom stereocenters. The summed E-state index contributed by atoms with van der Waals surface area (Å²) >= 11 is 0. The number of guanidine groups is 1. The Bertz CT molecular complexity index is 770. The highest BCUT2D eigenvalue weighted by Crippen LogP contribution is 2.24. The number of rotatable bonds is 7. The molecular formula is C22H33IN4O2. The molecule has 0 spiro atoms. The van der Waals surface area contributed by atoms with E-state index in [1.807, 2.05) is 18.2 Å². The lowest BCUT2D eigenvalue weighted by Gasteiger charge is -2.23. The average Bonchev–Trinajstić information content (AvgIpc) is 3.19. The molecule has 1 heterocycles. The molecule has 0 aliphatic heterocycles. The van der Waals surface area contributed by atoms with Crippen LogP contribution in [0.25, 0.3) is 0 Å². The Morgan fingerprint density at radius 1 is 1.17 bits per heavy atom. The van der Waals surface area contributed by atoms with Gasteiger partial charge in [0.1, 0.15) is 5.75 Å². The van der Waals surface area contributed by atoms with Crippen molar-refractivity contribution in [1.29, 1.82) is 0 Å². The van der Waals surface area contributed by atoms with Crippen LogP contribution in [-0.2, 0) is 13.1 Å². The predicted molar refractivity (Wildman–Crippen MR) is 127 cm³/mol. The summed E-state index contributed by atoms with van der Waals surface area (Å²) in [4.78, 5) is 4.28. The number of aromatic nitrogens is 1. The number of ether oxygens (including phenoxy) is 1. The Kier molecular flexibility index (Phi) is 9.76. The zero-order valence-corrected chi connectivity index (χ0v) is 19.9. The maximum Gasteiger partial charge on any atom is 0.191 e. The highest BCUT2D eigenvalue weighted by molar-refractivity contribution is 14.0. The Hall–Kier alpha value is -1.77. The highest BCUT2D eigenvalue weighted by Gasteiger charge is 2.15. The van der Waals surface area contributed by atoms with Gasteiger partial charge in [0.15, 0.2) is 11.7 Å². The van der Waals surface area contributed by atoms with E-state index in [1.165, 1.54) is 32.1 Å². The first-order chi connectivity index (χ1) is 13.6. The first kappa shape index (κ1) is 23.5. The largest absolute Gasteiger partial charge is 0.490 e. The van der Waals surface area contributed by atoms with Gasteiger partial charge in [0.05, 0.1) is 18.3 Å². The number of aliphatic imine (C=N–C) groups is 1. The van der Waals surface area contributed by atoms with E-state index in [4.69, 9.17) is 9.26 Å². The molecule has 2 aromatic rings. The lowest BCUT2D eigenvalue weighted by Crippen LogP contribution is -2.36. The van der Waals surface area contributed by atoms with Gasteiger partial charge in [-0.1, -0.05) is 37.6 Å². The standard InChI is InChI=1S/C22H32N4O2.HI/c1-16(2)21-13-20(28-26-21)15-25-22(23-3)24-14-17-8-7-11-19(12-17)27-18-9-5-4-6-10-18;/h7-8,11-13,16,18H,4-6,9-10,14-15H2,1-3H3,(H2,23,24,25);1H. The van der Waals surface area contributed by atoms with Crippen LogP contribution >= 0.6 is 24.0 Å². The van der Waals surface area contributed by atoms with Crippen LogP contribution < -0.4 is 15.4 Å². The number of hydrogen-bond acceptors (Lipinski definition) is 4. The molecule has 1 fully saturated rings. The van der Waals surface area contributed by atoms with Crippen molar-refractivity contribution in [3.8, 4) is 5.75 Å². The number of nitrogens with zero attached hydrogens (tertiary/aromatic N) is 2. The molecule has 2 N–H and O–H groups in total. The second-order valence-electron chi connectivity index (χ2n) is 7.68. The van der Waals surface area contributed by atoms with Gasteiger partial charge in [-0.15, -0.1) is 24.0 Å². The summed E-state index contributed by atoms with van der Waals surface area (Å²) in [6, 6.07) is 10.3. The molecule has 1 aromatic carbocycles. The van der Waals surface area contributed by atoms with Crippen molar-refractivity contribution < 1.29 is 9.26 Å². The van der Waals surface area contributed by atoms with Gasteiger partial charge < -0.3 is 19.9 Å². The van der Waals surface area contributed by atoms with E-state index in [9.17, 15) is 0 Å². The third kappa shape index (κ3) is 7.53. The fourth-order valence-electron chi connectivity index (χ4n) is 3.37. The average molecular weight is 512 g/mol. The summed E-state index contributed by atoms with van der Waals surface area (Å²) in [5, 5.41) is 10.7. The van der Waals surface area contributed by atoms with E-state index in [-0.39, 0.29) is 24.0 Å². The van der Waals surface area contributed by atoms with Crippen molar-refractivity contribution in [2.75, 3.05) is 7.05 Å². The first-order valence-corrected chi connectivity index (χ1v) is 10.3. The minimum Gasteiger partial charge on any atom is -0.490 e. The Morgan fingerprint density at radius 3 is 2.62 bits per heavy atom. The van der Waals surface area contributed by atoms with Crippen LogP contribution in [-0.4, -0.2) is 24.3 Å². The number of nitrogens with one attached hydrogen (secondary N) is 2. The number of halogens is 1. The summed E-state index contributed by atoms with van der Waals surface area (Å²) in [6.07, 6.45) is 6.58. The molecule has 7 heteroatoms. The van der Waals surface area contributed by atoms with Crippen molar-refractivity contribution >= 4 is 29.9 Å². The first-order valence-electron chi connectivity index (χ1n) is 10.3. The Balaban J connectivity index is 0.00000300. The van der Waals surface area contributed by atoms with Crippen molar-refractivity contribution in [3.05, 3.63) is 47.3 Å². The number of hydrogen-bond donors (Lipinski definition) is 2. The molecule has 0 bridgehead atoms. The van der Waals surface area contributed by atoms with Gasteiger partial charge in [-0.2, -0.15) is 0 Å². The third-order valence-electron chi connectivity index (χ3n) is 5.04. The molecule has 1 aromatic heterocycles. The van der Waals surface area contributed by atoms with Crippen LogP contribution in [0.15, 0.2) is 39.8 Å². The van der Waals surface area contributed by atoms with E-state index in [2.05, 4.69) is 46.8 Å². The molecule has 0 radical (unpaired) electrons. The molecule has 29 heavy (non-hydrogen) atoms. The van der Waals surface area contributed by atoms with Gasteiger partial charge in [-0.3, -0.25) is 4.99 Å². The van der Waals surface area contributed by atoms with Gasteiger partial charge in [0, 0.05) is 19.7 Å². The van der Waals surface area contributed by atoms with Gasteiger partial charge in [0.25, 0.3) is 0 Å². The fourth-order valence-corrected chi connectivity index (χ4v) is 3.37. The molecule has 0 atom stereocenters. The summed E-state index contributed by atoms with van der Waals surface area (Å²) in [5.74, 6) is 2.84. The molecule has 3 rings (SSSR count). The van der Waals surface area contributed by atoms with E-state index in [1.54, 1.807) is 7.05 Å². The smallest absolute Gasteiger partial charge is 0.191 e. The quantitative estimate of drug-likeness (QED) is 0.311. The van der Waals surface area contributed by atoms with Crippen LogP contribution in [0.3, 0.4) is 0 Å². The second kappa shape index (κ2) is 12.0. The number of benzene rings is 1. The molecule has 0 amide bonds. The Labute approximate surface area is 190 Å². The molecule has 160 valence electrons. The van der Waals surface area contributed by atoms with E-state index in [0.29, 0.717) is 25.1 Å². The molecule has 1 saturated carbocycles. The maximum absolute atomic E-state index is 6.16.